The first-order valence-electron chi connectivity index (χ1n) is 9.78. The number of rotatable bonds is 6. The second-order valence-electron chi connectivity index (χ2n) is 6.95. The Morgan fingerprint density at radius 2 is 1.16 bits per heavy atom. The summed E-state index contributed by atoms with van der Waals surface area (Å²) in [6.07, 6.45) is 0. The van der Waals surface area contributed by atoms with Gasteiger partial charge in [0.2, 0.25) is 17.1 Å². The third kappa shape index (κ3) is 4.12. The highest BCUT2D eigenvalue weighted by molar-refractivity contribution is 5.90. The molecule has 0 fully saturated rings. The number of methoxy groups -OCH3 is 2. The van der Waals surface area contributed by atoms with Crippen molar-refractivity contribution in [2.45, 2.75) is 0 Å². The number of benzene rings is 3. The van der Waals surface area contributed by atoms with Crippen LogP contribution in [0.15, 0.2) is 91.0 Å². The minimum atomic E-state index is -0.982. The van der Waals surface area contributed by atoms with Crippen LogP contribution in [0.2, 0.25) is 0 Å². The van der Waals surface area contributed by atoms with E-state index >= 15 is 0 Å². The molecule has 1 aromatic heterocycles. The molecule has 0 spiro atoms. The number of hydrogen-bond donors (Lipinski definition) is 1. The summed E-state index contributed by atoms with van der Waals surface area (Å²) in [6.45, 7) is 0. The van der Waals surface area contributed by atoms with Gasteiger partial charge in [0.1, 0.15) is 11.5 Å². The van der Waals surface area contributed by atoms with Gasteiger partial charge in [-0.1, -0.05) is 18.2 Å². The Hall–Kier alpha value is -4.12. The first-order valence-corrected chi connectivity index (χ1v) is 9.78. The standard InChI is InChI=1S/C26H21NO4/c1-30-22-12-8-18(9-13-22)24-16-20(26(28)29)17-25(19-10-14-23(31-2)15-11-19)27(24)21-6-4-3-5-7-21/h3-17H,1-2H3/p+1. The summed E-state index contributed by atoms with van der Waals surface area (Å²) in [5.74, 6) is 0.490. The number of pyridine rings is 1. The van der Waals surface area contributed by atoms with E-state index in [0.717, 1.165) is 39.7 Å². The number of carboxylic acids is 1. The number of carbonyl (C=O) groups is 1. The quantitative estimate of drug-likeness (QED) is 0.452. The molecule has 0 aliphatic heterocycles. The zero-order valence-electron chi connectivity index (χ0n) is 17.3. The van der Waals surface area contributed by atoms with E-state index in [0.29, 0.717) is 0 Å². The van der Waals surface area contributed by atoms with Crippen molar-refractivity contribution < 1.29 is 23.9 Å². The van der Waals surface area contributed by atoms with Crippen LogP contribution in [0.3, 0.4) is 0 Å². The predicted molar refractivity (Wildman–Crippen MR) is 119 cm³/mol. The van der Waals surface area contributed by atoms with Crippen molar-refractivity contribution in [3.63, 3.8) is 0 Å². The molecule has 5 nitrogen and oxygen atoms in total. The van der Waals surface area contributed by atoms with E-state index in [4.69, 9.17) is 9.47 Å². The fourth-order valence-corrected chi connectivity index (χ4v) is 3.52. The monoisotopic (exact) mass is 412 g/mol. The Labute approximate surface area is 180 Å². The summed E-state index contributed by atoms with van der Waals surface area (Å²) in [7, 11) is 3.23. The highest BCUT2D eigenvalue weighted by Gasteiger charge is 2.26. The normalized spacial score (nSPS) is 10.5. The molecule has 1 heterocycles. The molecule has 0 saturated heterocycles. The molecule has 31 heavy (non-hydrogen) atoms. The Bertz CT molecular complexity index is 1130. The second kappa shape index (κ2) is 8.71. The van der Waals surface area contributed by atoms with Gasteiger partial charge < -0.3 is 14.6 Å². The summed E-state index contributed by atoms with van der Waals surface area (Å²) >= 11 is 0. The molecule has 0 bridgehead atoms. The van der Waals surface area contributed by atoms with Crippen LogP contribution >= 0.6 is 0 Å². The molecule has 0 amide bonds. The van der Waals surface area contributed by atoms with Gasteiger partial charge >= 0.3 is 5.97 Å². The molecule has 3 aromatic carbocycles. The van der Waals surface area contributed by atoms with Crippen molar-refractivity contribution >= 4 is 5.97 Å². The van der Waals surface area contributed by atoms with Crippen LogP contribution in [0.1, 0.15) is 10.4 Å². The molecule has 0 atom stereocenters. The fourth-order valence-electron chi connectivity index (χ4n) is 3.52. The van der Waals surface area contributed by atoms with Crippen LogP contribution in [0.5, 0.6) is 11.5 Å². The zero-order valence-corrected chi connectivity index (χ0v) is 17.3. The van der Waals surface area contributed by atoms with E-state index in [9.17, 15) is 9.90 Å². The summed E-state index contributed by atoms with van der Waals surface area (Å²) in [5.41, 5.74) is 4.42. The predicted octanol–water partition coefficient (Wildman–Crippen LogP) is 5.01. The van der Waals surface area contributed by atoms with Crippen LogP contribution in [-0.2, 0) is 0 Å². The summed E-state index contributed by atoms with van der Waals surface area (Å²) in [4.78, 5) is 12.0. The Morgan fingerprint density at radius 3 is 1.55 bits per heavy atom. The van der Waals surface area contributed by atoms with Gasteiger partial charge in [0.05, 0.1) is 19.8 Å². The molecule has 5 heteroatoms. The van der Waals surface area contributed by atoms with Crippen molar-refractivity contribution in [1.29, 1.82) is 0 Å². The van der Waals surface area contributed by atoms with E-state index in [2.05, 4.69) is 4.57 Å². The highest BCUT2D eigenvalue weighted by atomic mass is 16.5. The van der Waals surface area contributed by atoms with Gasteiger partial charge in [0, 0.05) is 35.4 Å². The van der Waals surface area contributed by atoms with Crippen LogP contribution in [0.4, 0.5) is 0 Å². The molecule has 0 radical (unpaired) electrons. The lowest BCUT2D eigenvalue weighted by atomic mass is 10.0. The highest BCUT2D eigenvalue weighted by Crippen LogP contribution is 2.28. The molecular weight excluding hydrogens is 390 g/mol. The lowest BCUT2D eigenvalue weighted by Gasteiger charge is -2.11. The summed E-state index contributed by atoms with van der Waals surface area (Å²) in [6, 6.07) is 28.5. The van der Waals surface area contributed by atoms with Gasteiger partial charge in [-0.05, 0) is 48.5 Å². The van der Waals surface area contributed by atoms with Crippen molar-refractivity contribution in [1.82, 2.24) is 0 Å². The SMILES string of the molecule is COc1ccc(-c2cc(C(=O)O)cc(-c3ccc(OC)cc3)[n+]2-c2ccccc2)cc1. The Morgan fingerprint density at radius 1 is 0.710 bits per heavy atom. The number of para-hydroxylation sites is 1. The van der Waals surface area contributed by atoms with Gasteiger partial charge in [-0.25, -0.2) is 4.79 Å². The average Bonchev–Trinajstić information content (AvgIpc) is 2.84. The molecule has 1 N–H and O–H groups in total. The lowest BCUT2D eigenvalue weighted by molar-refractivity contribution is -0.572. The molecule has 0 aliphatic carbocycles. The van der Waals surface area contributed by atoms with Crippen LogP contribution < -0.4 is 14.0 Å². The van der Waals surface area contributed by atoms with Gasteiger partial charge in [0.25, 0.3) is 0 Å². The number of hydrogen-bond acceptors (Lipinski definition) is 3. The maximum atomic E-state index is 12.0. The van der Waals surface area contributed by atoms with Crippen molar-refractivity contribution in [3.05, 3.63) is 96.6 Å². The molecule has 4 rings (SSSR count). The average molecular weight is 412 g/mol. The first-order chi connectivity index (χ1) is 15.1. The number of aromatic carboxylic acids is 1. The first kappa shape index (κ1) is 20.2. The van der Waals surface area contributed by atoms with E-state index < -0.39 is 5.97 Å². The topological polar surface area (TPSA) is 59.6 Å². The lowest BCUT2D eigenvalue weighted by Crippen LogP contribution is -2.36. The second-order valence-corrected chi connectivity index (χ2v) is 6.95. The van der Waals surface area contributed by atoms with Gasteiger partial charge in [-0.2, -0.15) is 4.57 Å². The molecule has 0 saturated carbocycles. The van der Waals surface area contributed by atoms with E-state index in [1.165, 1.54) is 0 Å². The third-order valence-corrected chi connectivity index (χ3v) is 5.10. The van der Waals surface area contributed by atoms with E-state index in [1.54, 1.807) is 26.4 Å². The Balaban J connectivity index is 2.04. The summed E-state index contributed by atoms with van der Waals surface area (Å²) in [5, 5.41) is 9.80. The van der Waals surface area contributed by atoms with E-state index in [-0.39, 0.29) is 5.56 Å². The van der Waals surface area contributed by atoms with Crippen LogP contribution in [0, 0.1) is 0 Å². The Kier molecular flexibility index (Phi) is 5.67. The number of nitrogens with zero attached hydrogens (tertiary/aromatic N) is 1. The minimum absolute atomic E-state index is 0.212. The molecule has 4 aromatic rings. The van der Waals surface area contributed by atoms with Crippen molar-refractivity contribution in [2.24, 2.45) is 0 Å². The van der Waals surface area contributed by atoms with E-state index in [1.807, 2.05) is 78.9 Å². The molecular formula is C26H22NO4+. The largest absolute Gasteiger partial charge is 0.497 e. The van der Waals surface area contributed by atoms with Crippen LogP contribution in [0.25, 0.3) is 28.2 Å². The third-order valence-electron chi connectivity index (χ3n) is 5.10. The van der Waals surface area contributed by atoms with Gasteiger partial charge in [-0.15, -0.1) is 0 Å². The van der Waals surface area contributed by atoms with Crippen molar-refractivity contribution in [3.8, 4) is 39.7 Å². The number of aromatic nitrogens is 1. The zero-order chi connectivity index (χ0) is 21.8. The number of carboxylic acid groups (broad SMARTS) is 1. The van der Waals surface area contributed by atoms with Gasteiger partial charge in [0.15, 0.2) is 0 Å². The molecule has 0 aliphatic rings. The maximum Gasteiger partial charge on any atom is 0.336 e. The maximum absolute atomic E-state index is 12.0. The smallest absolute Gasteiger partial charge is 0.336 e. The van der Waals surface area contributed by atoms with Crippen LogP contribution in [-0.4, -0.2) is 25.3 Å². The van der Waals surface area contributed by atoms with Gasteiger partial charge in [-0.3, -0.25) is 0 Å². The summed E-state index contributed by atoms with van der Waals surface area (Å²) < 4.78 is 12.6. The fraction of sp³-hybridized carbons (Fsp3) is 0.0769. The minimum Gasteiger partial charge on any atom is -0.497 e. The van der Waals surface area contributed by atoms with Crippen molar-refractivity contribution in [2.75, 3.05) is 14.2 Å². The molecule has 154 valence electrons. The number of ether oxygens (including phenoxy) is 2. The molecule has 0 unspecified atom stereocenters.